The van der Waals surface area contributed by atoms with Gasteiger partial charge in [0.25, 0.3) is 0 Å². The quantitative estimate of drug-likeness (QED) is 0.845. The van der Waals surface area contributed by atoms with Crippen molar-refractivity contribution in [3.8, 4) is 0 Å². The fourth-order valence-electron chi connectivity index (χ4n) is 4.59. The maximum atomic E-state index is 4.03. The minimum atomic E-state index is 0.339. The lowest BCUT2D eigenvalue weighted by molar-refractivity contribution is 0.168. The first kappa shape index (κ1) is 15.9. The topological polar surface area (TPSA) is 24.1 Å². The van der Waals surface area contributed by atoms with Gasteiger partial charge in [-0.15, -0.1) is 0 Å². The van der Waals surface area contributed by atoms with Crippen molar-refractivity contribution < 1.29 is 0 Å². The summed E-state index contributed by atoms with van der Waals surface area (Å²) in [5, 5.41) is 8.05. The third-order valence-electron chi connectivity index (χ3n) is 5.93. The number of aryl methyl sites for hydroxylation is 2. The molecule has 2 unspecified atom stereocenters. The molecule has 1 aliphatic carbocycles. The van der Waals surface area contributed by atoms with Gasteiger partial charge in [0.05, 0.1) is 12.1 Å². The van der Waals surface area contributed by atoms with Crippen LogP contribution in [-0.4, -0.2) is 12.1 Å². The Hall–Kier alpha value is -1.64. The number of hydrogen-bond donors (Lipinski definition) is 2. The van der Waals surface area contributed by atoms with Gasteiger partial charge in [-0.1, -0.05) is 61.4 Å². The Morgan fingerprint density at radius 2 is 1.08 bits per heavy atom. The lowest BCUT2D eigenvalue weighted by atomic mass is 9.80. The van der Waals surface area contributed by atoms with Gasteiger partial charge < -0.3 is 10.6 Å². The molecule has 2 aromatic rings. The predicted octanol–water partition coefficient (Wildman–Crippen LogP) is 4.59. The first-order chi connectivity index (χ1) is 11.7. The highest BCUT2D eigenvalue weighted by molar-refractivity contribution is 5.37. The summed E-state index contributed by atoms with van der Waals surface area (Å²) in [6.45, 7) is 4.47. The standard InChI is InChI=1S/C22H28N2/c1-15-9-3-5-11-17(15)21-22(18-12-6-4-10-16(18)2)24-20-14-8-7-13-19(20)23-21/h3-6,9-12,19-24H,7-8,13-14H2,1-2H3/t19-,20-,21?,22?/m1/s1. The SMILES string of the molecule is Cc1ccccc1C1N[C@@H]2CCCC[C@H]2NC1c1ccccc1C. The average Bonchev–Trinajstić information content (AvgIpc) is 2.62. The van der Waals surface area contributed by atoms with E-state index < -0.39 is 0 Å². The predicted molar refractivity (Wildman–Crippen MR) is 100 cm³/mol. The highest BCUT2D eigenvalue weighted by Gasteiger charge is 2.39. The number of benzene rings is 2. The van der Waals surface area contributed by atoms with E-state index in [9.17, 15) is 0 Å². The molecule has 0 amide bonds. The monoisotopic (exact) mass is 320 g/mol. The summed E-state index contributed by atoms with van der Waals surface area (Å²) in [6, 6.07) is 19.6. The Balaban J connectivity index is 1.75. The van der Waals surface area contributed by atoms with E-state index in [1.54, 1.807) is 0 Å². The second kappa shape index (κ2) is 6.70. The zero-order chi connectivity index (χ0) is 16.5. The molecular formula is C22H28N2. The smallest absolute Gasteiger partial charge is 0.0523 e. The molecule has 4 rings (SSSR count). The van der Waals surface area contributed by atoms with Gasteiger partial charge >= 0.3 is 0 Å². The molecule has 126 valence electrons. The Morgan fingerprint density at radius 1 is 0.667 bits per heavy atom. The second-order valence-corrected chi connectivity index (χ2v) is 7.50. The molecular weight excluding hydrogens is 292 g/mol. The average molecular weight is 320 g/mol. The highest BCUT2D eigenvalue weighted by atomic mass is 15.2. The van der Waals surface area contributed by atoms with Gasteiger partial charge in [0.2, 0.25) is 0 Å². The lowest BCUT2D eigenvalue weighted by Crippen LogP contribution is -2.59. The van der Waals surface area contributed by atoms with Gasteiger partial charge in [0.1, 0.15) is 0 Å². The second-order valence-electron chi connectivity index (χ2n) is 7.50. The van der Waals surface area contributed by atoms with Crippen LogP contribution in [0.4, 0.5) is 0 Å². The lowest BCUT2D eigenvalue weighted by Gasteiger charge is -2.47. The van der Waals surface area contributed by atoms with Crippen LogP contribution in [0.1, 0.15) is 60.0 Å². The Labute approximate surface area is 145 Å². The summed E-state index contributed by atoms with van der Waals surface area (Å²) in [4.78, 5) is 0. The van der Waals surface area contributed by atoms with Crippen LogP contribution in [0.5, 0.6) is 0 Å². The fraction of sp³-hybridized carbons (Fsp3) is 0.455. The summed E-state index contributed by atoms with van der Waals surface area (Å²) in [5.74, 6) is 0. The highest BCUT2D eigenvalue weighted by Crippen LogP contribution is 2.38. The zero-order valence-corrected chi connectivity index (χ0v) is 14.8. The molecule has 0 bridgehead atoms. The number of piperazine rings is 1. The summed E-state index contributed by atoms with van der Waals surface area (Å²) in [6.07, 6.45) is 5.29. The molecule has 0 radical (unpaired) electrons. The van der Waals surface area contributed by atoms with Gasteiger partial charge in [-0.05, 0) is 48.9 Å². The third-order valence-corrected chi connectivity index (χ3v) is 5.93. The van der Waals surface area contributed by atoms with E-state index in [2.05, 4.69) is 73.0 Å². The first-order valence-corrected chi connectivity index (χ1v) is 9.37. The van der Waals surface area contributed by atoms with Gasteiger partial charge in [-0.3, -0.25) is 0 Å². The summed E-state index contributed by atoms with van der Waals surface area (Å²) in [5.41, 5.74) is 5.62. The molecule has 1 aliphatic heterocycles. The van der Waals surface area contributed by atoms with Crippen LogP contribution in [-0.2, 0) is 0 Å². The molecule has 2 aliphatic rings. The zero-order valence-electron chi connectivity index (χ0n) is 14.8. The van der Waals surface area contributed by atoms with Crippen molar-refractivity contribution in [3.63, 3.8) is 0 Å². The van der Waals surface area contributed by atoms with Gasteiger partial charge in [-0.2, -0.15) is 0 Å². The van der Waals surface area contributed by atoms with E-state index in [4.69, 9.17) is 0 Å². The van der Waals surface area contributed by atoms with Crippen LogP contribution in [0.2, 0.25) is 0 Å². The number of rotatable bonds is 2. The van der Waals surface area contributed by atoms with Crippen LogP contribution in [0.15, 0.2) is 48.5 Å². The van der Waals surface area contributed by atoms with Crippen molar-refractivity contribution in [2.45, 2.75) is 63.7 Å². The van der Waals surface area contributed by atoms with E-state index in [1.165, 1.54) is 47.9 Å². The third kappa shape index (κ3) is 2.89. The van der Waals surface area contributed by atoms with Crippen molar-refractivity contribution in [2.24, 2.45) is 0 Å². The minimum absolute atomic E-state index is 0.339. The van der Waals surface area contributed by atoms with Crippen molar-refractivity contribution in [3.05, 3.63) is 70.8 Å². The molecule has 24 heavy (non-hydrogen) atoms. The Kier molecular flexibility index (Phi) is 4.43. The molecule has 1 saturated carbocycles. The van der Waals surface area contributed by atoms with Crippen molar-refractivity contribution in [1.82, 2.24) is 10.6 Å². The number of nitrogens with one attached hydrogen (secondary N) is 2. The molecule has 4 atom stereocenters. The van der Waals surface area contributed by atoms with E-state index in [1.807, 2.05) is 0 Å². The van der Waals surface area contributed by atoms with E-state index >= 15 is 0 Å². The molecule has 2 nitrogen and oxygen atoms in total. The number of fused-ring (bicyclic) bond motifs is 1. The molecule has 2 fully saturated rings. The van der Waals surface area contributed by atoms with Crippen LogP contribution >= 0.6 is 0 Å². The summed E-state index contributed by atoms with van der Waals surface area (Å²) >= 11 is 0. The number of hydrogen-bond acceptors (Lipinski definition) is 2. The fourth-order valence-corrected chi connectivity index (χ4v) is 4.59. The van der Waals surface area contributed by atoms with Gasteiger partial charge in [-0.25, -0.2) is 0 Å². The summed E-state index contributed by atoms with van der Waals surface area (Å²) < 4.78 is 0. The maximum Gasteiger partial charge on any atom is 0.0523 e. The van der Waals surface area contributed by atoms with Crippen molar-refractivity contribution in [2.75, 3.05) is 0 Å². The normalized spacial score (nSPS) is 29.9. The first-order valence-electron chi connectivity index (χ1n) is 9.37. The van der Waals surface area contributed by atoms with Crippen LogP contribution in [0.3, 0.4) is 0 Å². The van der Waals surface area contributed by atoms with E-state index in [0.29, 0.717) is 24.2 Å². The molecule has 2 N–H and O–H groups in total. The van der Waals surface area contributed by atoms with Crippen LogP contribution in [0, 0.1) is 13.8 Å². The molecule has 1 saturated heterocycles. The van der Waals surface area contributed by atoms with E-state index in [-0.39, 0.29) is 0 Å². The molecule has 0 spiro atoms. The van der Waals surface area contributed by atoms with Crippen LogP contribution in [0.25, 0.3) is 0 Å². The Bertz CT molecular complexity index is 647. The summed E-state index contributed by atoms with van der Waals surface area (Å²) in [7, 11) is 0. The van der Waals surface area contributed by atoms with Crippen LogP contribution < -0.4 is 10.6 Å². The largest absolute Gasteiger partial charge is 0.304 e. The molecule has 0 aromatic heterocycles. The maximum absolute atomic E-state index is 4.03. The molecule has 2 heteroatoms. The molecule has 2 aromatic carbocycles. The Morgan fingerprint density at radius 3 is 1.50 bits per heavy atom. The molecule has 1 heterocycles. The van der Waals surface area contributed by atoms with Gasteiger partial charge in [0.15, 0.2) is 0 Å². The minimum Gasteiger partial charge on any atom is -0.304 e. The van der Waals surface area contributed by atoms with E-state index in [0.717, 1.165) is 0 Å². The van der Waals surface area contributed by atoms with Crippen molar-refractivity contribution in [1.29, 1.82) is 0 Å². The van der Waals surface area contributed by atoms with Gasteiger partial charge in [0, 0.05) is 12.1 Å². The van der Waals surface area contributed by atoms with Crippen molar-refractivity contribution >= 4 is 0 Å².